The first kappa shape index (κ1) is 26.2. The number of halogens is 4. The monoisotopic (exact) mass is 528 g/mol. The maximum atomic E-state index is 14.9. The zero-order chi connectivity index (χ0) is 27.1. The molecule has 9 heteroatoms. The summed E-state index contributed by atoms with van der Waals surface area (Å²) >= 11 is 0. The number of nitrogens with zero attached hydrogens (tertiary/aromatic N) is 1. The average molecular weight is 529 g/mol. The topological polar surface area (TPSA) is 58.6 Å². The van der Waals surface area contributed by atoms with E-state index in [-0.39, 0.29) is 48.1 Å². The fourth-order valence-corrected chi connectivity index (χ4v) is 6.24. The van der Waals surface area contributed by atoms with Gasteiger partial charge in [-0.15, -0.1) is 0 Å². The van der Waals surface area contributed by atoms with Crippen molar-refractivity contribution >= 4 is 22.6 Å². The molecular formula is C29H28F4N2O3. The van der Waals surface area contributed by atoms with Crippen LogP contribution in [-0.2, 0) is 19.9 Å². The van der Waals surface area contributed by atoms with Crippen LogP contribution in [0.1, 0.15) is 36.3 Å². The quantitative estimate of drug-likeness (QED) is 0.468. The van der Waals surface area contributed by atoms with Crippen LogP contribution in [0.3, 0.4) is 0 Å². The van der Waals surface area contributed by atoms with Crippen LogP contribution in [0, 0.1) is 11.2 Å². The van der Waals surface area contributed by atoms with Crippen molar-refractivity contribution in [2.75, 3.05) is 26.7 Å². The predicted molar refractivity (Wildman–Crippen MR) is 134 cm³/mol. The van der Waals surface area contributed by atoms with E-state index >= 15 is 0 Å². The molecule has 3 aromatic rings. The minimum Gasteiger partial charge on any atom is -0.356 e. The van der Waals surface area contributed by atoms with Crippen LogP contribution < -0.4 is 5.32 Å². The lowest BCUT2D eigenvalue weighted by Gasteiger charge is -2.50. The van der Waals surface area contributed by atoms with Crippen molar-refractivity contribution in [3.63, 3.8) is 0 Å². The van der Waals surface area contributed by atoms with E-state index in [1.807, 2.05) is 0 Å². The van der Waals surface area contributed by atoms with Crippen LogP contribution in [0.4, 0.5) is 17.6 Å². The number of ether oxygens (including phenoxy) is 1. The average Bonchev–Trinajstić information content (AvgIpc) is 2.90. The molecule has 2 amide bonds. The third-order valence-electron chi connectivity index (χ3n) is 8.25. The Balaban J connectivity index is 1.48. The summed E-state index contributed by atoms with van der Waals surface area (Å²) in [6.45, 7) is 0.421. The minimum atomic E-state index is -5.03. The van der Waals surface area contributed by atoms with Gasteiger partial charge in [0.1, 0.15) is 5.82 Å². The molecular weight excluding hydrogens is 500 g/mol. The second kappa shape index (κ2) is 9.69. The summed E-state index contributed by atoms with van der Waals surface area (Å²) in [6.07, 6.45) is -4.17. The Labute approximate surface area is 217 Å². The van der Waals surface area contributed by atoms with Crippen molar-refractivity contribution in [2.24, 2.45) is 5.41 Å². The van der Waals surface area contributed by atoms with Gasteiger partial charge < -0.3 is 15.0 Å². The normalized spacial score (nSPS) is 21.2. The molecule has 2 saturated heterocycles. The third kappa shape index (κ3) is 4.22. The molecule has 5 nitrogen and oxygen atoms in total. The molecule has 0 bridgehead atoms. The number of nitrogens with one attached hydrogen (secondary N) is 1. The Kier molecular flexibility index (Phi) is 6.67. The number of fused-ring (bicyclic) bond motifs is 1. The summed E-state index contributed by atoms with van der Waals surface area (Å²) in [4.78, 5) is 27.4. The number of amides is 2. The van der Waals surface area contributed by atoms with Crippen molar-refractivity contribution in [3.8, 4) is 0 Å². The molecule has 0 saturated carbocycles. The summed E-state index contributed by atoms with van der Waals surface area (Å²) in [6, 6.07) is 17.1. The van der Waals surface area contributed by atoms with Gasteiger partial charge >= 0.3 is 6.18 Å². The second-order valence-corrected chi connectivity index (χ2v) is 10.1. The molecule has 0 radical (unpaired) electrons. The number of likely N-dealkylation sites (tertiary alicyclic amines) is 1. The van der Waals surface area contributed by atoms with Crippen LogP contribution in [0.2, 0.25) is 0 Å². The van der Waals surface area contributed by atoms with Gasteiger partial charge in [-0.05, 0) is 46.7 Å². The standard InChI is InChI=1S/C29H28F4N2O3/c1-38-28(29(31,32)33,23-8-4-6-19-5-2-3-7-22(19)23)26(37)35-15-13-27(14-16-35)17-25(36)34-18-24(27)20-9-11-21(30)12-10-20/h2-12,24H,13-18H2,1H3,(H,34,36)/t24-,28+/m1/s1. The minimum absolute atomic E-state index is 0.0375. The largest absolute Gasteiger partial charge is 0.431 e. The number of hydrogen-bond donors (Lipinski definition) is 1. The van der Waals surface area contributed by atoms with E-state index < -0.39 is 23.1 Å². The van der Waals surface area contributed by atoms with E-state index in [4.69, 9.17) is 4.74 Å². The Hall–Kier alpha value is -3.46. The maximum Gasteiger partial charge on any atom is 0.431 e. The number of alkyl halides is 3. The fraction of sp³-hybridized carbons (Fsp3) is 0.379. The van der Waals surface area contributed by atoms with Crippen molar-refractivity contribution in [3.05, 3.63) is 83.7 Å². The second-order valence-electron chi connectivity index (χ2n) is 10.1. The SMILES string of the molecule is CO[C@](C(=O)N1CCC2(CC1)CC(=O)NC[C@@H]2c1ccc(F)cc1)(c1cccc2ccccc12)C(F)(F)F. The van der Waals surface area contributed by atoms with Crippen molar-refractivity contribution < 1.29 is 31.9 Å². The highest BCUT2D eigenvalue weighted by Crippen LogP contribution is 2.51. The van der Waals surface area contributed by atoms with E-state index in [1.54, 1.807) is 42.5 Å². The first-order valence-corrected chi connectivity index (χ1v) is 12.5. The Morgan fingerprint density at radius 2 is 1.66 bits per heavy atom. The summed E-state index contributed by atoms with van der Waals surface area (Å²) in [7, 11) is 0.911. The number of benzene rings is 3. The van der Waals surface area contributed by atoms with E-state index in [0.29, 0.717) is 24.8 Å². The smallest absolute Gasteiger partial charge is 0.356 e. The molecule has 5 rings (SSSR count). The molecule has 2 fully saturated rings. The molecule has 200 valence electrons. The molecule has 0 aromatic heterocycles. The van der Waals surface area contributed by atoms with Gasteiger partial charge in [0.15, 0.2) is 0 Å². The molecule has 1 spiro atoms. The van der Waals surface area contributed by atoms with Gasteiger partial charge in [0.25, 0.3) is 11.5 Å². The number of piperidine rings is 2. The number of carbonyl (C=O) groups excluding carboxylic acids is 2. The first-order chi connectivity index (χ1) is 18.1. The molecule has 2 aliphatic rings. The number of rotatable bonds is 4. The van der Waals surface area contributed by atoms with Crippen LogP contribution in [-0.4, -0.2) is 49.6 Å². The highest BCUT2D eigenvalue weighted by molar-refractivity contribution is 5.95. The molecule has 2 heterocycles. The van der Waals surface area contributed by atoms with Crippen molar-refractivity contribution in [2.45, 2.75) is 37.0 Å². The zero-order valence-electron chi connectivity index (χ0n) is 20.9. The Morgan fingerprint density at radius 1 is 1.00 bits per heavy atom. The Bertz CT molecular complexity index is 1340. The number of carbonyl (C=O) groups is 2. The van der Waals surface area contributed by atoms with Gasteiger partial charge in [-0.2, -0.15) is 13.2 Å². The fourth-order valence-electron chi connectivity index (χ4n) is 6.24. The van der Waals surface area contributed by atoms with E-state index in [2.05, 4.69) is 5.32 Å². The van der Waals surface area contributed by atoms with Gasteiger partial charge in [-0.3, -0.25) is 9.59 Å². The van der Waals surface area contributed by atoms with E-state index in [9.17, 15) is 27.2 Å². The van der Waals surface area contributed by atoms with Crippen LogP contribution in [0.25, 0.3) is 10.8 Å². The zero-order valence-corrected chi connectivity index (χ0v) is 20.9. The van der Waals surface area contributed by atoms with E-state index in [1.165, 1.54) is 29.2 Å². The molecule has 3 aromatic carbocycles. The summed E-state index contributed by atoms with van der Waals surface area (Å²) in [5, 5.41) is 3.71. The van der Waals surface area contributed by atoms with Crippen LogP contribution in [0.5, 0.6) is 0 Å². The van der Waals surface area contributed by atoms with Crippen LogP contribution in [0.15, 0.2) is 66.7 Å². The van der Waals surface area contributed by atoms with Gasteiger partial charge in [0.2, 0.25) is 5.91 Å². The molecule has 38 heavy (non-hydrogen) atoms. The maximum absolute atomic E-state index is 14.9. The lowest BCUT2D eigenvalue weighted by atomic mass is 9.62. The molecule has 2 aliphatic heterocycles. The summed E-state index contributed by atoms with van der Waals surface area (Å²) in [5.74, 6) is -1.83. The predicted octanol–water partition coefficient (Wildman–Crippen LogP) is 5.30. The molecule has 1 N–H and O–H groups in total. The molecule has 0 aliphatic carbocycles. The lowest BCUT2D eigenvalue weighted by Crippen LogP contribution is -2.60. The number of hydrogen-bond acceptors (Lipinski definition) is 3. The van der Waals surface area contributed by atoms with Crippen LogP contribution >= 0.6 is 0 Å². The Morgan fingerprint density at radius 3 is 2.32 bits per heavy atom. The highest BCUT2D eigenvalue weighted by Gasteiger charge is 2.64. The van der Waals surface area contributed by atoms with Gasteiger partial charge in [-0.1, -0.05) is 54.6 Å². The summed E-state index contributed by atoms with van der Waals surface area (Å²) in [5.41, 5.74) is -3.14. The van der Waals surface area contributed by atoms with Gasteiger partial charge in [0.05, 0.1) is 0 Å². The summed E-state index contributed by atoms with van der Waals surface area (Å²) < 4.78 is 63.3. The molecule has 2 atom stereocenters. The van der Waals surface area contributed by atoms with E-state index in [0.717, 1.165) is 12.7 Å². The highest BCUT2D eigenvalue weighted by atomic mass is 19.4. The third-order valence-corrected chi connectivity index (χ3v) is 8.25. The number of methoxy groups -OCH3 is 1. The molecule has 0 unspecified atom stereocenters. The lowest BCUT2D eigenvalue weighted by molar-refractivity contribution is -0.270. The van der Waals surface area contributed by atoms with Crippen molar-refractivity contribution in [1.82, 2.24) is 10.2 Å². The van der Waals surface area contributed by atoms with Gasteiger partial charge in [0, 0.05) is 44.6 Å². The van der Waals surface area contributed by atoms with Crippen molar-refractivity contribution in [1.29, 1.82) is 0 Å². The first-order valence-electron chi connectivity index (χ1n) is 12.5. The van der Waals surface area contributed by atoms with Gasteiger partial charge in [-0.25, -0.2) is 4.39 Å².